The molecule has 18 heavy (non-hydrogen) atoms. The van der Waals surface area contributed by atoms with Gasteiger partial charge in [0.05, 0.1) is 6.20 Å². The molecule has 3 rings (SSSR count). The molecule has 0 aliphatic heterocycles. The van der Waals surface area contributed by atoms with Gasteiger partial charge in [-0.2, -0.15) is 29.4 Å². The van der Waals surface area contributed by atoms with Gasteiger partial charge in [0.25, 0.3) is 0 Å². The van der Waals surface area contributed by atoms with Crippen LogP contribution in [0.15, 0.2) is 67.0 Å². The maximum atomic E-state index is 4.35. The van der Waals surface area contributed by atoms with Crippen molar-refractivity contribution in [2.45, 2.75) is 0 Å². The molecule has 0 amide bonds. The van der Waals surface area contributed by atoms with Gasteiger partial charge in [0.1, 0.15) is 0 Å². The molecule has 0 unspecified atom stereocenters. The third-order valence-corrected chi connectivity index (χ3v) is 2.63. The zero-order valence-electron chi connectivity index (χ0n) is 9.56. The SMILES string of the molecule is [Pt].[c-]1ccccc1-n1cc(-c2ccccc2)cn1. The molecule has 1 heterocycles. The molecule has 3 aromatic rings. The monoisotopic (exact) mass is 414 g/mol. The Morgan fingerprint density at radius 3 is 2.39 bits per heavy atom. The minimum Gasteiger partial charge on any atom is -0.265 e. The molecule has 2 aromatic carbocycles. The van der Waals surface area contributed by atoms with Gasteiger partial charge < -0.3 is 0 Å². The number of hydrogen-bond donors (Lipinski definition) is 0. The molecule has 0 bridgehead atoms. The Bertz CT molecular complexity index is 549. The van der Waals surface area contributed by atoms with Crippen LogP contribution in [0.1, 0.15) is 0 Å². The summed E-state index contributed by atoms with van der Waals surface area (Å²) in [5.41, 5.74) is 3.24. The van der Waals surface area contributed by atoms with Gasteiger partial charge in [0.2, 0.25) is 0 Å². The van der Waals surface area contributed by atoms with E-state index >= 15 is 0 Å². The second-order valence-corrected chi connectivity index (χ2v) is 3.79. The molecule has 0 saturated carbocycles. The second-order valence-electron chi connectivity index (χ2n) is 3.79. The van der Waals surface area contributed by atoms with E-state index in [0.29, 0.717) is 0 Å². The Hall–Kier alpha value is -1.66. The normalized spacial score (nSPS) is 9.78. The van der Waals surface area contributed by atoms with Crippen molar-refractivity contribution in [2.24, 2.45) is 0 Å². The predicted octanol–water partition coefficient (Wildman–Crippen LogP) is 3.34. The van der Waals surface area contributed by atoms with Crippen LogP contribution in [0.2, 0.25) is 0 Å². The van der Waals surface area contributed by atoms with Crippen LogP contribution in [-0.4, -0.2) is 9.78 Å². The quantitative estimate of drug-likeness (QED) is 0.589. The number of para-hydroxylation sites is 1. The van der Waals surface area contributed by atoms with E-state index < -0.39 is 0 Å². The third-order valence-electron chi connectivity index (χ3n) is 2.63. The van der Waals surface area contributed by atoms with Crippen molar-refractivity contribution in [3.63, 3.8) is 0 Å². The van der Waals surface area contributed by atoms with E-state index in [4.69, 9.17) is 0 Å². The first-order valence-electron chi connectivity index (χ1n) is 5.51. The van der Waals surface area contributed by atoms with Crippen LogP contribution in [0, 0.1) is 6.07 Å². The van der Waals surface area contributed by atoms with E-state index in [2.05, 4.69) is 23.3 Å². The Balaban J connectivity index is 0.00000120. The molecule has 0 spiro atoms. The Morgan fingerprint density at radius 2 is 1.67 bits per heavy atom. The van der Waals surface area contributed by atoms with Gasteiger partial charge in [0, 0.05) is 32.8 Å². The van der Waals surface area contributed by atoms with E-state index in [1.165, 1.54) is 5.56 Å². The van der Waals surface area contributed by atoms with Crippen LogP contribution >= 0.6 is 0 Å². The zero-order chi connectivity index (χ0) is 11.5. The fraction of sp³-hybridized carbons (Fsp3) is 0. The smallest absolute Gasteiger partial charge is 0.0571 e. The Morgan fingerprint density at radius 1 is 0.889 bits per heavy atom. The van der Waals surface area contributed by atoms with Crippen molar-refractivity contribution >= 4 is 0 Å². The van der Waals surface area contributed by atoms with Crippen molar-refractivity contribution in [2.75, 3.05) is 0 Å². The van der Waals surface area contributed by atoms with E-state index in [1.807, 2.05) is 59.5 Å². The number of aromatic nitrogens is 2. The molecule has 0 aliphatic rings. The van der Waals surface area contributed by atoms with Crippen molar-refractivity contribution in [1.29, 1.82) is 0 Å². The average Bonchev–Trinajstić information content (AvgIpc) is 2.90. The minimum absolute atomic E-state index is 0. The molecule has 0 atom stereocenters. The van der Waals surface area contributed by atoms with Gasteiger partial charge in [-0.05, 0) is 11.3 Å². The summed E-state index contributed by atoms with van der Waals surface area (Å²) in [5.74, 6) is 0. The summed E-state index contributed by atoms with van der Waals surface area (Å²) in [4.78, 5) is 0. The number of nitrogens with zero attached hydrogens (tertiary/aromatic N) is 2. The van der Waals surface area contributed by atoms with Crippen molar-refractivity contribution < 1.29 is 21.1 Å². The summed E-state index contributed by atoms with van der Waals surface area (Å²) in [6.07, 6.45) is 3.89. The van der Waals surface area contributed by atoms with Crippen molar-refractivity contribution in [3.05, 3.63) is 73.1 Å². The first-order chi connectivity index (χ1) is 8.43. The van der Waals surface area contributed by atoms with E-state index in [9.17, 15) is 0 Å². The Labute approximate surface area is 121 Å². The fourth-order valence-electron chi connectivity index (χ4n) is 1.76. The zero-order valence-corrected chi connectivity index (χ0v) is 11.8. The molecule has 2 nitrogen and oxygen atoms in total. The number of hydrogen-bond acceptors (Lipinski definition) is 1. The second kappa shape index (κ2) is 5.79. The summed E-state index contributed by atoms with van der Waals surface area (Å²) in [6.45, 7) is 0. The topological polar surface area (TPSA) is 17.8 Å². The number of rotatable bonds is 2. The van der Waals surface area contributed by atoms with Crippen LogP contribution in [0.25, 0.3) is 16.8 Å². The Kier molecular flexibility index (Phi) is 4.11. The van der Waals surface area contributed by atoms with E-state index in [0.717, 1.165) is 11.3 Å². The molecule has 92 valence electrons. The van der Waals surface area contributed by atoms with Gasteiger partial charge in [-0.1, -0.05) is 30.3 Å². The van der Waals surface area contributed by atoms with Gasteiger partial charge >= 0.3 is 0 Å². The van der Waals surface area contributed by atoms with Gasteiger partial charge in [-0.3, -0.25) is 4.68 Å². The molecular weight excluding hydrogens is 403 g/mol. The van der Waals surface area contributed by atoms with Crippen LogP contribution in [0.5, 0.6) is 0 Å². The molecule has 0 radical (unpaired) electrons. The van der Waals surface area contributed by atoms with Crippen LogP contribution in [0.3, 0.4) is 0 Å². The predicted molar refractivity (Wildman–Crippen MR) is 67.8 cm³/mol. The molecule has 0 aliphatic carbocycles. The van der Waals surface area contributed by atoms with E-state index in [-0.39, 0.29) is 21.1 Å². The van der Waals surface area contributed by atoms with Crippen LogP contribution < -0.4 is 0 Å². The molecular formula is C15H11N2Pt-. The fourth-order valence-corrected chi connectivity index (χ4v) is 1.76. The first kappa shape index (κ1) is 12.8. The maximum Gasteiger partial charge on any atom is 0.0571 e. The molecule has 0 saturated heterocycles. The first-order valence-corrected chi connectivity index (χ1v) is 5.51. The minimum atomic E-state index is 0. The molecule has 1 aromatic heterocycles. The van der Waals surface area contributed by atoms with Crippen LogP contribution in [0.4, 0.5) is 0 Å². The maximum absolute atomic E-state index is 4.35. The van der Waals surface area contributed by atoms with E-state index in [1.54, 1.807) is 0 Å². The van der Waals surface area contributed by atoms with Crippen molar-refractivity contribution in [3.8, 4) is 16.8 Å². The van der Waals surface area contributed by atoms with Gasteiger partial charge in [-0.15, -0.1) is 6.07 Å². The molecule has 0 fully saturated rings. The summed E-state index contributed by atoms with van der Waals surface area (Å²) in [6, 6.07) is 21.2. The molecule has 0 N–H and O–H groups in total. The summed E-state index contributed by atoms with van der Waals surface area (Å²) in [5, 5.41) is 4.35. The average molecular weight is 414 g/mol. The van der Waals surface area contributed by atoms with Gasteiger partial charge in [0.15, 0.2) is 0 Å². The standard InChI is InChI=1S/C15H11N2.Pt/c1-3-7-13(8-4-1)14-11-16-17(12-14)15-9-5-2-6-10-15;/h1-9,11-12H;/q-1;. The van der Waals surface area contributed by atoms with Crippen LogP contribution in [-0.2, 0) is 21.1 Å². The number of benzene rings is 2. The summed E-state index contributed by atoms with van der Waals surface area (Å²) >= 11 is 0. The third kappa shape index (κ3) is 2.60. The van der Waals surface area contributed by atoms with Crippen molar-refractivity contribution in [1.82, 2.24) is 9.78 Å². The molecule has 3 heteroatoms. The van der Waals surface area contributed by atoms with Gasteiger partial charge in [-0.25, -0.2) is 0 Å². The largest absolute Gasteiger partial charge is 0.265 e. The summed E-state index contributed by atoms with van der Waals surface area (Å²) < 4.78 is 1.84. The summed E-state index contributed by atoms with van der Waals surface area (Å²) in [7, 11) is 0.